The number of oxazole rings is 1. The summed E-state index contributed by atoms with van der Waals surface area (Å²) in [7, 11) is 0. The average molecular weight is 270 g/mol. The van der Waals surface area contributed by atoms with E-state index in [0.717, 1.165) is 11.0 Å². The van der Waals surface area contributed by atoms with Crippen molar-refractivity contribution in [2.24, 2.45) is 0 Å². The number of para-hydroxylation sites is 2. The number of amides is 1. The first-order valence-electron chi connectivity index (χ1n) is 6.31. The quantitative estimate of drug-likeness (QED) is 0.765. The van der Waals surface area contributed by atoms with Gasteiger partial charge in [-0.05, 0) is 26.0 Å². The van der Waals surface area contributed by atoms with Crippen molar-refractivity contribution in [2.75, 3.05) is 0 Å². The molecule has 0 spiro atoms. The summed E-state index contributed by atoms with van der Waals surface area (Å²) in [5, 5.41) is 2.85. The normalized spacial score (nSPS) is 12.5. The fourth-order valence-electron chi connectivity index (χ4n) is 2.03. The fraction of sp³-hybridized carbons (Fsp3) is 0.214. The van der Waals surface area contributed by atoms with E-state index in [0.29, 0.717) is 17.3 Å². The SMILES string of the molecule is Cc1ocnc1C(=O)N[C@@H](C)c1nc2ccccc2[nH]1. The van der Waals surface area contributed by atoms with Gasteiger partial charge in [0, 0.05) is 0 Å². The van der Waals surface area contributed by atoms with Crippen LogP contribution in [0.3, 0.4) is 0 Å². The molecular weight excluding hydrogens is 256 g/mol. The number of aromatic amines is 1. The maximum atomic E-state index is 12.1. The van der Waals surface area contributed by atoms with Gasteiger partial charge in [-0.3, -0.25) is 4.79 Å². The summed E-state index contributed by atoms with van der Waals surface area (Å²) in [4.78, 5) is 23.6. The van der Waals surface area contributed by atoms with Crippen LogP contribution in [0, 0.1) is 6.92 Å². The highest BCUT2D eigenvalue weighted by Crippen LogP contribution is 2.16. The maximum absolute atomic E-state index is 12.1. The Bertz CT molecular complexity index is 726. The van der Waals surface area contributed by atoms with Gasteiger partial charge >= 0.3 is 0 Å². The van der Waals surface area contributed by atoms with Crippen molar-refractivity contribution in [1.29, 1.82) is 0 Å². The minimum Gasteiger partial charge on any atom is -0.448 e. The zero-order valence-electron chi connectivity index (χ0n) is 11.2. The summed E-state index contributed by atoms with van der Waals surface area (Å²) < 4.78 is 5.03. The molecule has 6 nitrogen and oxygen atoms in total. The van der Waals surface area contributed by atoms with E-state index in [9.17, 15) is 4.79 Å². The van der Waals surface area contributed by atoms with E-state index in [2.05, 4.69) is 20.3 Å². The monoisotopic (exact) mass is 270 g/mol. The van der Waals surface area contributed by atoms with E-state index in [1.807, 2.05) is 31.2 Å². The average Bonchev–Trinajstić information content (AvgIpc) is 3.04. The van der Waals surface area contributed by atoms with Crippen LogP contribution in [0.4, 0.5) is 0 Å². The highest BCUT2D eigenvalue weighted by molar-refractivity contribution is 5.93. The number of fused-ring (bicyclic) bond motifs is 1. The molecule has 0 aliphatic carbocycles. The van der Waals surface area contributed by atoms with Crippen molar-refractivity contribution in [3.63, 3.8) is 0 Å². The minimum atomic E-state index is -0.274. The number of hydrogen-bond donors (Lipinski definition) is 2. The van der Waals surface area contributed by atoms with Crippen LogP contribution in [-0.4, -0.2) is 20.9 Å². The predicted octanol–water partition coefficient (Wildman–Crippen LogP) is 2.35. The number of imidazole rings is 1. The predicted molar refractivity (Wildman–Crippen MR) is 73.2 cm³/mol. The Hall–Kier alpha value is -2.63. The van der Waals surface area contributed by atoms with E-state index in [1.165, 1.54) is 6.39 Å². The first-order valence-corrected chi connectivity index (χ1v) is 6.31. The number of carbonyl (C=O) groups excluding carboxylic acids is 1. The molecule has 0 radical (unpaired) electrons. The first-order chi connectivity index (χ1) is 9.65. The van der Waals surface area contributed by atoms with E-state index in [-0.39, 0.29) is 11.9 Å². The summed E-state index contributed by atoms with van der Waals surface area (Å²) in [6.07, 6.45) is 1.26. The van der Waals surface area contributed by atoms with Gasteiger partial charge in [-0.15, -0.1) is 0 Å². The van der Waals surface area contributed by atoms with Crippen LogP contribution in [0.15, 0.2) is 35.1 Å². The molecule has 0 saturated carbocycles. The van der Waals surface area contributed by atoms with Gasteiger partial charge in [0.2, 0.25) is 0 Å². The van der Waals surface area contributed by atoms with Crippen LogP contribution in [0.1, 0.15) is 35.0 Å². The van der Waals surface area contributed by atoms with Crippen LogP contribution >= 0.6 is 0 Å². The Morgan fingerprint density at radius 3 is 2.90 bits per heavy atom. The van der Waals surface area contributed by atoms with Crippen molar-refractivity contribution in [3.05, 3.63) is 47.9 Å². The second kappa shape index (κ2) is 4.80. The van der Waals surface area contributed by atoms with Crippen LogP contribution in [-0.2, 0) is 0 Å². The van der Waals surface area contributed by atoms with E-state index in [4.69, 9.17) is 4.42 Å². The van der Waals surface area contributed by atoms with Crippen LogP contribution in [0.25, 0.3) is 11.0 Å². The molecule has 3 rings (SSSR count). The third-order valence-corrected chi connectivity index (χ3v) is 3.13. The van der Waals surface area contributed by atoms with E-state index >= 15 is 0 Å². The van der Waals surface area contributed by atoms with Gasteiger partial charge in [-0.25, -0.2) is 9.97 Å². The number of nitrogens with zero attached hydrogens (tertiary/aromatic N) is 2. The highest BCUT2D eigenvalue weighted by atomic mass is 16.3. The van der Waals surface area contributed by atoms with Gasteiger partial charge in [0.1, 0.15) is 11.6 Å². The third kappa shape index (κ3) is 2.16. The molecule has 6 heteroatoms. The van der Waals surface area contributed by atoms with E-state index < -0.39 is 0 Å². The van der Waals surface area contributed by atoms with Gasteiger partial charge in [-0.1, -0.05) is 12.1 Å². The molecule has 102 valence electrons. The molecule has 0 fully saturated rings. The molecular formula is C14H14N4O2. The molecule has 2 aromatic heterocycles. The van der Waals surface area contributed by atoms with Crippen molar-refractivity contribution < 1.29 is 9.21 Å². The van der Waals surface area contributed by atoms with Gasteiger partial charge in [0.15, 0.2) is 12.1 Å². The standard InChI is InChI=1S/C14H14N4O2/c1-8(16-14(19)12-9(2)20-7-15-12)13-17-10-5-3-4-6-11(10)18-13/h3-8H,1-2H3,(H,16,19)(H,17,18)/t8-/m0/s1. The number of rotatable bonds is 3. The topological polar surface area (TPSA) is 83.8 Å². The summed E-state index contributed by atoms with van der Waals surface area (Å²) in [6, 6.07) is 7.49. The van der Waals surface area contributed by atoms with Crippen LogP contribution < -0.4 is 5.32 Å². The lowest BCUT2D eigenvalue weighted by atomic mass is 10.3. The second-order valence-corrected chi connectivity index (χ2v) is 4.59. The molecule has 0 unspecified atom stereocenters. The van der Waals surface area contributed by atoms with Crippen molar-refractivity contribution in [2.45, 2.75) is 19.9 Å². The number of aromatic nitrogens is 3. The Labute approximate surface area is 115 Å². The summed E-state index contributed by atoms with van der Waals surface area (Å²) in [5.41, 5.74) is 2.12. The molecule has 0 aliphatic heterocycles. The molecule has 20 heavy (non-hydrogen) atoms. The highest BCUT2D eigenvalue weighted by Gasteiger charge is 2.18. The lowest BCUT2D eigenvalue weighted by Crippen LogP contribution is -2.28. The molecule has 1 aromatic carbocycles. The summed E-state index contributed by atoms with van der Waals surface area (Å²) in [6.45, 7) is 3.57. The van der Waals surface area contributed by atoms with Crippen molar-refractivity contribution in [3.8, 4) is 0 Å². The summed E-state index contributed by atoms with van der Waals surface area (Å²) >= 11 is 0. The molecule has 3 aromatic rings. The first kappa shape index (κ1) is 12.4. The Morgan fingerprint density at radius 2 is 2.20 bits per heavy atom. The zero-order valence-corrected chi connectivity index (χ0v) is 11.2. The maximum Gasteiger partial charge on any atom is 0.274 e. The van der Waals surface area contributed by atoms with Crippen molar-refractivity contribution >= 4 is 16.9 Å². The number of hydrogen-bond acceptors (Lipinski definition) is 4. The van der Waals surface area contributed by atoms with Gasteiger partial charge in [0.25, 0.3) is 5.91 Å². The van der Waals surface area contributed by atoms with Crippen molar-refractivity contribution in [1.82, 2.24) is 20.3 Å². The molecule has 0 aliphatic rings. The van der Waals surface area contributed by atoms with Crippen LogP contribution in [0.5, 0.6) is 0 Å². The Kier molecular flexibility index (Phi) is 2.98. The Balaban J connectivity index is 1.80. The molecule has 1 atom stereocenters. The minimum absolute atomic E-state index is 0.244. The number of benzene rings is 1. The van der Waals surface area contributed by atoms with Gasteiger partial charge in [0.05, 0.1) is 17.1 Å². The van der Waals surface area contributed by atoms with Gasteiger partial charge < -0.3 is 14.7 Å². The van der Waals surface area contributed by atoms with Gasteiger partial charge in [-0.2, -0.15) is 0 Å². The number of carbonyl (C=O) groups is 1. The molecule has 0 bridgehead atoms. The third-order valence-electron chi connectivity index (χ3n) is 3.13. The number of aryl methyl sites for hydroxylation is 1. The number of nitrogens with one attached hydrogen (secondary N) is 2. The lowest BCUT2D eigenvalue weighted by Gasteiger charge is -2.10. The van der Waals surface area contributed by atoms with Crippen LogP contribution in [0.2, 0.25) is 0 Å². The second-order valence-electron chi connectivity index (χ2n) is 4.59. The smallest absolute Gasteiger partial charge is 0.274 e. The number of H-pyrrole nitrogens is 1. The largest absolute Gasteiger partial charge is 0.448 e. The van der Waals surface area contributed by atoms with E-state index in [1.54, 1.807) is 6.92 Å². The fourth-order valence-corrected chi connectivity index (χ4v) is 2.03. The molecule has 1 amide bonds. The molecule has 0 saturated heterocycles. The lowest BCUT2D eigenvalue weighted by molar-refractivity contribution is 0.0932. The molecule has 2 N–H and O–H groups in total. The molecule has 2 heterocycles. The summed E-state index contributed by atoms with van der Waals surface area (Å²) in [5.74, 6) is 0.934. The zero-order chi connectivity index (χ0) is 14.1. The Morgan fingerprint density at radius 1 is 1.40 bits per heavy atom.